The normalized spacial score (nSPS) is 23.5. The van der Waals surface area contributed by atoms with Crippen LogP contribution in [0.3, 0.4) is 0 Å². The summed E-state index contributed by atoms with van der Waals surface area (Å²) in [5.74, 6) is 1.91. The van der Waals surface area contributed by atoms with E-state index in [4.69, 9.17) is 4.98 Å². The summed E-state index contributed by atoms with van der Waals surface area (Å²) in [5.41, 5.74) is 1.46. The lowest BCUT2D eigenvalue weighted by Gasteiger charge is -2.39. The molecule has 0 amide bonds. The number of hydrogen-bond acceptors (Lipinski definition) is 6. The maximum absolute atomic E-state index is 4.93. The molecule has 35 heavy (non-hydrogen) atoms. The van der Waals surface area contributed by atoms with E-state index in [9.17, 15) is 0 Å². The lowest BCUT2D eigenvalue weighted by molar-refractivity contribution is 0.109. The third kappa shape index (κ3) is 7.17. The maximum atomic E-state index is 4.93. The average Bonchev–Trinajstić information content (AvgIpc) is 3.32. The van der Waals surface area contributed by atoms with Crippen LogP contribution in [0.25, 0.3) is 0 Å². The van der Waals surface area contributed by atoms with Crippen LogP contribution in [0.5, 0.6) is 0 Å². The van der Waals surface area contributed by atoms with Crippen molar-refractivity contribution >= 4 is 11.8 Å². The lowest BCUT2D eigenvalue weighted by Crippen LogP contribution is -2.48. The van der Waals surface area contributed by atoms with Crippen LogP contribution in [-0.2, 0) is 6.42 Å². The fourth-order valence-corrected chi connectivity index (χ4v) is 6.14. The Balaban J connectivity index is 1.12. The van der Waals surface area contributed by atoms with Crippen LogP contribution in [0, 0.1) is 0 Å². The molecule has 2 aromatic rings. The number of anilines is 2. The Labute approximate surface area is 212 Å². The molecule has 3 saturated heterocycles. The van der Waals surface area contributed by atoms with Crippen molar-refractivity contribution in [1.82, 2.24) is 19.8 Å². The number of piperidine rings is 1. The molecule has 3 aliphatic rings. The van der Waals surface area contributed by atoms with E-state index >= 15 is 0 Å². The van der Waals surface area contributed by atoms with Crippen molar-refractivity contribution in [1.29, 1.82) is 0 Å². The van der Waals surface area contributed by atoms with Crippen LogP contribution in [0.15, 0.2) is 42.6 Å². The Bertz CT molecular complexity index is 874. The molecule has 3 aliphatic heterocycles. The van der Waals surface area contributed by atoms with E-state index in [1.807, 2.05) is 6.20 Å². The van der Waals surface area contributed by atoms with Crippen LogP contribution in [-0.4, -0.2) is 77.7 Å². The second-order valence-electron chi connectivity index (χ2n) is 10.8. The molecule has 6 heteroatoms. The summed E-state index contributed by atoms with van der Waals surface area (Å²) in [7, 11) is 0. The van der Waals surface area contributed by atoms with Gasteiger partial charge in [0.05, 0.1) is 0 Å². The van der Waals surface area contributed by atoms with Gasteiger partial charge in [0.25, 0.3) is 0 Å². The molecule has 1 atom stereocenters. The van der Waals surface area contributed by atoms with E-state index in [1.165, 1.54) is 89.5 Å². The van der Waals surface area contributed by atoms with E-state index in [2.05, 4.69) is 61.4 Å². The molecule has 0 radical (unpaired) electrons. The van der Waals surface area contributed by atoms with Gasteiger partial charge in [-0.15, -0.1) is 0 Å². The Kier molecular flexibility index (Phi) is 8.88. The molecule has 0 spiro atoms. The molecule has 0 saturated carbocycles. The van der Waals surface area contributed by atoms with Gasteiger partial charge in [0.1, 0.15) is 5.82 Å². The topological polar surface area (TPSA) is 47.5 Å². The summed E-state index contributed by atoms with van der Waals surface area (Å²) in [6, 6.07) is 14.2. The van der Waals surface area contributed by atoms with E-state index in [1.54, 1.807) is 0 Å². The van der Waals surface area contributed by atoms with Gasteiger partial charge in [0, 0.05) is 44.5 Å². The van der Waals surface area contributed by atoms with Gasteiger partial charge in [0.2, 0.25) is 5.95 Å². The quantitative estimate of drug-likeness (QED) is 0.618. The predicted octanol–water partition coefficient (Wildman–Crippen LogP) is 4.83. The number of rotatable bonds is 7. The zero-order valence-electron chi connectivity index (χ0n) is 21.5. The Morgan fingerprint density at radius 1 is 0.800 bits per heavy atom. The van der Waals surface area contributed by atoms with E-state index in [-0.39, 0.29) is 0 Å². The minimum absolute atomic E-state index is 0.438. The number of likely N-dealkylation sites (tertiary alicyclic amines) is 2. The summed E-state index contributed by atoms with van der Waals surface area (Å²) in [6.45, 7) is 8.24. The molecule has 190 valence electrons. The average molecular weight is 477 g/mol. The fraction of sp³-hybridized carbons (Fsp3) is 0.655. The summed E-state index contributed by atoms with van der Waals surface area (Å²) >= 11 is 0. The van der Waals surface area contributed by atoms with Gasteiger partial charge in [-0.2, -0.15) is 4.98 Å². The highest BCUT2D eigenvalue weighted by Crippen LogP contribution is 2.23. The molecule has 1 unspecified atom stereocenters. The third-order valence-corrected chi connectivity index (χ3v) is 8.24. The van der Waals surface area contributed by atoms with Gasteiger partial charge in [-0.25, -0.2) is 4.98 Å². The van der Waals surface area contributed by atoms with Gasteiger partial charge in [-0.1, -0.05) is 49.6 Å². The van der Waals surface area contributed by atoms with Crippen molar-refractivity contribution in [2.24, 2.45) is 0 Å². The zero-order chi connectivity index (χ0) is 23.7. The minimum atomic E-state index is 0.438. The van der Waals surface area contributed by atoms with Gasteiger partial charge < -0.3 is 15.1 Å². The third-order valence-electron chi connectivity index (χ3n) is 8.24. The van der Waals surface area contributed by atoms with Crippen LogP contribution in [0.2, 0.25) is 0 Å². The smallest absolute Gasteiger partial charge is 0.224 e. The minimum Gasteiger partial charge on any atom is -0.356 e. The number of hydrogen-bond donors (Lipinski definition) is 1. The Morgan fingerprint density at radius 3 is 2.37 bits per heavy atom. The van der Waals surface area contributed by atoms with Crippen molar-refractivity contribution in [3.63, 3.8) is 0 Å². The van der Waals surface area contributed by atoms with Crippen molar-refractivity contribution in [3.8, 4) is 0 Å². The first-order valence-electron chi connectivity index (χ1n) is 14.2. The highest BCUT2D eigenvalue weighted by molar-refractivity contribution is 5.43. The van der Waals surface area contributed by atoms with E-state index in [0.717, 1.165) is 43.9 Å². The fourth-order valence-electron chi connectivity index (χ4n) is 6.14. The molecule has 1 aromatic carbocycles. The molecule has 0 aliphatic carbocycles. The molecular formula is C29H44N6. The first-order valence-corrected chi connectivity index (χ1v) is 14.2. The molecular weight excluding hydrogens is 432 g/mol. The largest absolute Gasteiger partial charge is 0.356 e. The number of aromatic nitrogens is 2. The van der Waals surface area contributed by atoms with Crippen molar-refractivity contribution in [3.05, 3.63) is 48.2 Å². The van der Waals surface area contributed by atoms with Crippen molar-refractivity contribution < 1.29 is 0 Å². The van der Waals surface area contributed by atoms with Crippen LogP contribution < -0.4 is 10.2 Å². The summed E-state index contributed by atoms with van der Waals surface area (Å²) in [5, 5.41) is 3.73. The van der Waals surface area contributed by atoms with Crippen LogP contribution >= 0.6 is 0 Å². The van der Waals surface area contributed by atoms with Crippen LogP contribution in [0.1, 0.15) is 63.4 Å². The first kappa shape index (κ1) is 24.5. The van der Waals surface area contributed by atoms with Crippen LogP contribution in [0.4, 0.5) is 11.8 Å². The lowest BCUT2D eigenvalue weighted by atomic mass is 10.0. The number of benzene rings is 1. The first-order chi connectivity index (χ1) is 17.3. The SMILES string of the molecule is c1ccc(CCN2CCC(N3CCCCC(Nc4nccc(N5CCCCCC5)n4)C3)CC2)cc1. The summed E-state index contributed by atoms with van der Waals surface area (Å²) in [6.07, 6.45) is 14.7. The summed E-state index contributed by atoms with van der Waals surface area (Å²) < 4.78 is 0. The highest BCUT2D eigenvalue weighted by Gasteiger charge is 2.28. The van der Waals surface area contributed by atoms with E-state index < -0.39 is 0 Å². The molecule has 4 heterocycles. The Hall–Kier alpha value is -2.18. The van der Waals surface area contributed by atoms with E-state index in [0.29, 0.717) is 6.04 Å². The second-order valence-corrected chi connectivity index (χ2v) is 10.8. The Morgan fingerprint density at radius 2 is 1.57 bits per heavy atom. The molecule has 1 N–H and O–H groups in total. The maximum Gasteiger partial charge on any atom is 0.224 e. The molecule has 1 aromatic heterocycles. The second kappa shape index (κ2) is 12.7. The molecule has 0 bridgehead atoms. The van der Waals surface area contributed by atoms with Crippen molar-refractivity contribution in [2.45, 2.75) is 76.3 Å². The standard InChI is InChI=1S/C29H44N6/c1-2-8-19-34(18-7-1)28-13-17-30-29(32-28)31-26-12-6-9-20-35(24-26)27-15-22-33(23-16-27)21-14-25-10-4-3-5-11-25/h3-5,10-11,13,17,26-27H,1-2,6-9,12,14-16,18-24H2,(H,30,31,32). The molecule has 5 rings (SSSR count). The monoisotopic (exact) mass is 476 g/mol. The zero-order valence-corrected chi connectivity index (χ0v) is 21.5. The molecule has 6 nitrogen and oxygen atoms in total. The van der Waals surface area contributed by atoms with Gasteiger partial charge in [0.15, 0.2) is 0 Å². The van der Waals surface area contributed by atoms with Gasteiger partial charge >= 0.3 is 0 Å². The number of nitrogens with zero attached hydrogens (tertiary/aromatic N) is 5. The number of nitrogens with one attached hydrogen (secondary N) is 1. The van der Waals surface area contributed by atoms with Crippen molar-refractivity contribution in [2.75, 3.05) is 56.0 Å². The highest BCUT2D eigenvalue weighted by atomic mass is 15.3. The summed E-state index contributed by atoms with van der Waals surface area (Å²) in [4.78, 5) is 17.4. The predicted molar refractivity (Wildman–Crippen MR) is 145 cm³/mol. The molecule has 3 fully saturated rings. The van der Waals surface area contributed by atoms with Gasteiger partial charge in [-0.3, -0.25) is 4.90 Å². The van der Waals surface area contributed by atoms with Gasteiger partial charge in [-0.05, 0) is 76.2 Å².